The summed E-state index contributed by atoms with van der Waals surface area (Å²) >= 11 is 1.49. The molecule has 1 heterocycles. The summed E-state index contributed by atoms with van der Waals surface area (Å²) in [5.41, 5.74) is 6.06. The van der Waals surface area contributed by atoms with E-state index >= 15 is 0 Å². The predicted octanol–water partition coefficient (Wildman–Crippen LogP) is 1.85. The summed E-state index contributed by atoms with van der Waals surface area (Å²) in [7, 11) is 1.84. The molecular formula is C11H11N3O2S. The molecule has 0 atom stereocenters. The highest BCUT2D eigenvalue weighted by Gasteiger charge is 2.08. The van der Waals surface area contributed by atoms with Crippen molar-refractivity contribution in [1.29, 1.82) is 0 Å². The van der Waals surface area contributed by atoms with Crippen LogP contribution in [0.4, 0.5) is 5.69 Å². The lowest BCUT2D eigenvalue weighted by Crippen LogP contribution is -2.01. The number of benzene rings is 1. The van der Waals surface area contributed by atoms with Crippen molar-refractivity contribution in [3.8, 4) is 0 Å². The Balaban J connectivity index is 2.23. The molecule has 6 heteroatoms. The van der Waals surface area contributed by atoms with Gasteiger partial charge in [0, 0.05) is 23.8 Å². The Bertz CT molecular complexity index is 566. The standard InChI is InChI=1S/C11H11N3O2S/c1-14-6-8(5-13-14)17-7-2-3-9(11(15)16)10(12)4-7/h2-6H,12H2,1H3,(H,15,16). The number of carboxylic acid groups (broad SMARTS) is 1. The lowest BCUT2D eigenvalue weighted by molar-refractivity contribution is 0.0698. The van der Waals surface area contributed by atoms with Crippen LogP contribution in [0.1, 0.15) is 10.4 Å². The summed E-state index contributed by atoms with van der Waals surface area (Å²) in [6.45, 7) is 0. The summed E-state index contributed by atoms with van der Waals surface area (Å²) < 4.78 is 1.71. The van der Waals surface area contributed by atoms with Crippen LogP contribution in [0, 0.1) is 0 Å². The maximum atomic E-state index is 10.8. The second-order valence-electron chi connectivity index (χ2n) is 3.51. The van der Waals surface area contributed by atoms with Gasteiger partial charge in [-0.2, -0.15) is 5.10 Å². The number of aromatic nitrogens is 2. The average Bonchev–Trinajstić information content (AvgIpc) is 2.63. The van der Waals surface area contributed by atoms with Gasteiger partial charge in [-0.05, 0) is 18.2 Å². The van der Waals surface area contributed by atoms with E-state index in [4.69, 9.17) is 10.8 Å². The van der Waals surface area contributed by atoms with Crippen molar-refractivity contribution < 1.29 is 9.90 Å². The summed E-state index contributed by atoms with van der Waals surface area (Å²) in [6, 6.07) is 4.90. The van der Waals surface area contributed by atoms with Gasteiger partial charge in [0.2, 0.25) is 0 Å². The van der Waals surface area contributed by atoms with Gasteiger partial charge in [-0.25, -0.2) is 4.79 Å². The van der Waals surface area contributed by atoms with Crippen molar-refractivity contribution in [3.63, 3.8) is 0 Å². The number of rotatable bonds is 3. The first-order chi connectivity index (χ1) is 8.06. The fraction of sp³-hybridized carbons (Fsp3) is 0.0909. The van der Waals surface area contributed by atoms with E-state index in [0.717, 1.165) is 9.79 Å². The first kappa shape index (κ1) is 11.5. The van der Waals surface area contributed by atoms with Crippen LogP contribution in [0.2, 0.25) is 0 Å². The van der Waals surface area contributed by atoms with Crippen molar-refractivity contribution in [2.24, 2.45) is 7.05 Å². The zero-order valence-electron chi connectivity index (χ0n) is 9.12. The van der Waals surface area contributed by atoms with Crippen molar-refractivity contribution in [3.05, 3.63) is 36.2 Å². The number of hydrogen-bond donors (Lipinski definition) is 2. The smallest absolute Gasteiger partial charge is 0.337 e. The second kappa shape index (κ2) is 4.50. The number of aromatic carboxylic acids is 1. The molecule has 17 heavy (non-hydrogen) atoms. The van der Waals surface area contributed by atoms with Gasteiger partial charge in [0.15, 0.2) is 0 Å². The van der Waals surface area contributed by atoms with Crippen molar-refractivity contribution in [1.82, 2.24) is 9.78 Å². The molecule has 0 amide bonds. The normalized spacial score (nSPS) is 10.4. The Morgan fingerprint density at radius 1 is 1.47 bits per heavy atom. The van der Waals surface area contributed by atoms with Crippen LogP contribution in [0.3, 0.4) is 0 Å². The topological polar surface area (TPSA) is 81.1 Å². The molecule has 5 nitrogen and oxygen atoms in total. The Labute approximate surface area is 102 Å². The summed E-state index contributed by atoms with van der Waals surface area (Å²) in [5, 5.41) is 12.9. The minimum Gasteiger partial charge on any atom is -0.478 e. The minimum atomic E-state index is -1.01. The van der Waals surface area contributed by atoms with E-state index in [1.54, 1.807) is 23.0 Å². The SMILES string of the molecule is Cn1cc(Sc2ccc(C(=O)O)c(N)c2)cn1. The van der Waals surface area contributed by atoms with Gasteiger partial charge in [-0.15, -0.1) is 0 Å². The monoisotopic (exact) mass is 249 g/mol. The van der Waals surface area contributed by atoms with Gasteiger partial charge in [0.25, 0.3) is 0 Å². The second-order valence-corrected chi connectivity index (χ2v) is 4.65. The van der Waals surface area contributed by atoms with Crippen LogP contribution in [0.25, 0.3) is 0 Å². The van der Waals surface area contributed by atoms with Crippen LogP contribution < -0.4 is 5.73 Å². The molecule has 1 aromatic heterocycles. The summed E-state index contributed by atoms with van der Waals surface area (Å²) in [4.78, 5) is 12.7. The van der Waals surface area contributed by atoms with Crippen LogP contribution in [-0.2, 0) is 7.05 Å². The van der Waals surface area contributed by atoms with Crippen LogP contribution >= 0.6 is 11.8 Å². The van der Waals surface area contributed by atoms with E-state index in [1.165, 1.54) is 17.8 Å². The molecule has 0 radical (unpaired) electrons. The number of nitrogen functional groups attached to an aromatic ring is 1. The molecule has 1 aromatic carbocycles. The zero-order valence-corrected chi connectivity index (χ0v) is 9.94. The number of aryl methyl sites for hydroxylation is 1. The highest BCUT2D eigenvalue weighted by Crippen LogP contribution is 2.29. The quantitative estimate of drug-likeness (QED) is 0.811. The number of hydrogen-bond acceptors (Lipinski definition) is 4. The Kier molecular flexibility index (Phi) is 3.06. The molecular weight excluding hydrogens is 238 g/mol. The summed E-state index contributed by atoms with van der Waals surface area (Å²) in [5.74, 6) is -1.01. The van der Waals surface area contributed by atoms with Gasteiger partial charge >= 0.3 is 5.97 Å². The van der Waals surface area contributed by atoms with E-state index in [-0.39, 0.29) is 11.3 Å². The lowest BCUT2D eigenvalue weighted by atomic mass is 10.2. The third-order valence-corrected chi connectivity index (χ3v) is 3.11. The van der Waals surface area contributed by atoms with Gasteiger partial charge in [0.05, 0.1) is 16.7 Å². The van der Waals surface area contributed by atoms with E-state index in [1.807, 2.05) is 13.2 Å². The third-order valence-electron chi connectivity index (χ3n) is 2.17. The molecule has 88 valence electrons. The largest absolute Gasteiger partial charge is 0.478 e. The van der Waals surface area contributed by atoms with E-state index in [2.05, 4.69) is 5.10 Å². The number of anilines is 1. The number of carboxylic acids is 1. The third kappa shape index (κ3) is 2.59. The lowest BCUT2D eigenvalue weighted by Gasteiger charge is -2.03. The molecule has 0 spiro atoms. The predicted molar refractivity (Wildman–Crippen MR) is 65.1 cm³/mol. The fourth-order valence-electron chi connectivity index (χ4n) is 1.39. The molecule has 0 saturated carbocycles. The molecule has 0 unspecified atom stereocenters. The highest BCUT2D eigenvalue weighted by atomic mass is 32.2. The Morgan fingerprint density at radius 3 is 2.76 bits per heavy atom. The van der Waals surface area contributed by atoms with Gasteiger partial charge in [-0.1, -0.05) is 11.8 Å². The van der Waals surface area contributed by atoms with Crippen LogP contribution in [0.5, 0.6) is 0 Å². The van der Waals surface area contributed by atoms with Crippen LogP contribution in [-0.4, -0.2) is 20.9 Å². The molecule has 0 aliphatic carbocycles. The van der Waals surface area contributed by atoms with Crippen molar-refractivity contribution >= 4 is 23.4 Å². The summed E-state index contributed by atoms with van der Waals surface area (Å²) in [6.07, 6.45) is 3.62. The maximum Gasteiger partial charge on any atom is 0.337 e. The first-order valence-corrected chi connectivity index (χ1v) is 5.67. The molecule has 2 rings (SSSR count). The molecule has 3 N–H and O–H groups in total. The molecule has 0 fully saturated rings. The molecule has 2 aromatic rings. The van der Waals surface area contributed by atoms with Crippen molar-refractivity contribution in [2.75, 3.05) is 5.73 Å². The highest BCUT2D eigenvalue weighted by molar-refractivity contribution is 7.99. The van der Waals surface area contributed by atoms with Gasteiger partial charge < -0.3 is 10.8 Å². The Morgan fingerprint density at radius 2 is 2.24 bits per heavy atom. The zero-order chi connectivity index (χ0) is 12.4. The van der Waals surface area contributed by atoms with E-state index in [9.17, 15) is 4.79 Å². The number of nitrogens with two attached hydrogens (primary N) is 1. The molecule has 0 aliphatic rings. The molecule has 0 aliphatic heterocycles. The maximum absolute atomic E-state index is 10.8. The molecule has 0 saturated heterocycles. The van der Waals surface area contributed by atoms with Gasteiger partial charge in [-0.3, -0.25) is 4.68 Å². The average molecular weight is 249 g/mol. The van der Waals surface area contributed by atoms with Gasteiger partial charge in [0.1, 0.15) is 0 Å². The number of nitrogens with zero attached hydrogens (tertiary/aromatic N) is 2. The van der Waals surface area contributed by atoms with Crippen molar-refractivity contribution in [2.45, 2.75) is 9.79 Å². The first-order valence-electron chi connectivity index (χ1n) is 4.85. The minimum absolute atomic E-state index is 0.125. The number of carbonyl (C=O) groups is 1. The molecule has 0 bridgehead atoms. The van der Waals surface area contributed by atoms with Crippen LogP contribution in [0.15, 0.2) is 40.4 Å². The van der Waals surface area contributed by atoms with E-state index < -0.39 is 5.97 Å². The van der Waals surface area contributed by atoms with E-state index in [0.29, 0.717) is 0 Å². The fourth-order valence-corrected chi connectivity index (χ4v) is 2.29. The Hall–Kier alpha value is -1.95.